The number of carbonyl (C=O) groups excluding carboxylic acids is 1. The molecule has 1 saturated heterocycles. The number of carbonyl (C=O) groups is 1. The molecular weight excluding hydrogens is 528 g/mol. The number of methoxy groups -OCH3 is 1. The maximum Gasteiger partial charge on any atom is 0.248 e. The summed E-state index contributed by atoms with van der Waals surface area (Å²) in [6.45, 7) is 10.4. The Balaban J connectivity index is 1.42. The lowest BCUT2D eigenvalue weighted by Gasteiger charge is -2.26. The molecule has 10 nitrogen and oxygen atoms in total. The van der Waals surface area contributed by atoms with Crippen LogP contribution in [0.5, 0.6) is 5.75 Å². The van der Waals surface area contributed by atoms with Crippen LogP contribution in [0.3, 0.4) is 0 Å². The molecule has 2 aromatic carbocycles. The summed E-state index contributed by atoms with van der Waals surface area (Å²) in [4.78, 5) is 26.8. The van der Waals surface area contributed by atoms with Crippen molar-refractivity contribution in [3.63, 3.8) is 0 Å². The molecule has 0 radical (unpaired) electrons. The molecule has 1 aliphatic heterocycles. The topological polar surface area (TPSA) is 99.6 Å². The van der Waals surface area contributed by atoms with E-state index in [1.165, 1.54) is 0 Å². The molecule has 3 N–H and O–H groups in total. The van der Waals surface area contributed by atoms with Crippen LogP contribution in [0.4, 0.5) is 23.0 Å². The maximum atomic E-state index is 13.0. The third kappa shape index (κ3) is 6.56. The van der Waals surface area contributed by atoms with Gasteiger partial charge in [-0.3, -0.25) is 9.69 Å². The largest absolute Gasteiger partial charge is 0.494 e. The summed E-state index contributed by atoms with van der Waals surface area (Å²) in [5.74, 6) is 0.884. The zero-order valence-corrected chi connectivity index (χ0v) is 24.9. The van der Waals surface area contributed by atoms with Crippen LogP contribution < -0.4 is 25.6 Å². The monoisotopic (exact) mass is 568 g/mol. The molecule has 0 unspecified atom stereocenters. The number of nitrogens with zero attached hydrogens (tertiary/aromatic N) is 5. The molecule has 220 valence electrons. The Labute approximate surface area is 247 Å². The van der Waals surface area contributed by atoms with Crippen LogP contribution in [-0.2, 0) is 11.8 Å². The summed E-state index contributed by atoms with van der Waals surface area (Å²) < 4.78 is 7.88. The number of ether oxygens (including phenoxy) is 1. The third-order valence-electron chi connectivity index (χ3n) is 7.60. The molecule has 10 heteroatoms. The average molecular weight is 569 g/mol. The molecule has 1 fully saturated rings. The zero-order chi connectivity index (χ0) is 29.5. The summed E-state index contributed by atoms with van der Waals surface area (Å²) in [6, 6.07) is 14.0. The van der Waals surface area contributed by atoms with Crippen molar-refractivity contribution in [2.24, 2.45) is 7.05 Å². The molecule has 2 aromatic heterocycles. The SMILES string of the molecule is CCN(CC)c1cc(OC)c(Nc2nccc(-c3cn(C)c4ccccc34)n2)cc1NC(=O)/C=C/CN1CCNCC1. The van der Waals surface area contributed by atoms with Gasteiger partial charge in [-0.05, 0) is 32.0 Å². The first-order chi connectivity index (χ1) is 20.5. The molecule has 0 bridgehead atoms. The van der Waals surface area contributed by atoms with Crippen LogP contribution in [0, 0.1) is 0 Å². The number of piperazine rings is 1. The second kappa shape index (κ2) is 13.5. The van der Waals surface area contributed by atoms with E-state index in [1.807, 2.05) is 43.5 Å². The smallest absolute Gasteiger partial charge is 0.248 e. The Kier molecular flexibility index (Phi) is 9.35. The van der Waals surface area contributed by atoms with Crippen LogP contribution >= 0.6 is 0 Å². The quantitative estimate of drug-likeness (QED) is 0.225. The number of amides is 1. The fourth-order valence-electron chi connectivity index (χ4n) is 5.37. The van der Waals surface area contributed by atoms with Crippen LogP contribution in [-0.4, -0.2) is 78.3 Å². The number of benzene rings is 2. The van der Waals surface area contributed by atoms with Gasteiger partial charge in [0.1, 0.15) is 5.75 Å². The van der Waals surface area contributed by atoms with Crippen molar-refractivity contribution < 1.29 is 9.53 Å². The second-order valence-corrected chi connectivity index (χ2v) is 10.2. The number of aryl methyl sites for hydroxylation is 1. The second-order valence-electron chi connectivity index (χ2n) is 10.2. The van der Waals surface area contributed by atoms with Gasteiger partial charge in [0.2, 0.25) is 11.9 Å². The summed E-state index contributed by atoms with van der Waals surface area (Å²) >= 11 is 0. The van der Waals surface area contributed by atoms with Crippen LogP contribution in [0.15, 0.2) is 67.0 Å². The first-order valence-corrected chi connectivity index (χ1v) is 14.5. The molecule has 42 heavy (non-hydrogen) atoms. The summed E-state index contributed by atoms with van der Waals surface area (Å²) in [7, 11) is 3.67. The van der Waals surface area contributed by atoms with Gasteiger partial charge in [0.25, 0.3) is 0 Å². The maximum absolute atomic E-state index is 13.0. The molecule has 0 saturated carbocycles. The van der Waals surface area contributed by atoms with Crippen molar-refractivity contribution in [3.8, 4) is 17.0 Å². The van der Waals surface area contributed by atoms with Gasteiger partial charge < -0.3 is 30.2 Å². The first-order valence-electron chi connectivity index (χ1n) is 14.5. The van der Waals surface area contributed by atoms with E-state index in [0.717, 1.165) is 73.7 Å². The van der Waals surface area contributed by atoms with E-state index in [9.17, 15) is 4.79 Å². The van der Waals surface area contributed by atoms with E-state index >= 15 is 0 Å². The van der Waals surface area contributed by atoms with Crippen LogP contribution in [0.1, 0.15) is 13.8 Å². The molecule has 1 aliphatic rings. The van der Waals surface area contributed by atoms with Crippen molar-refractivity contribution >= 4 is 39.8 Å². The Bertz CT molecular complexity index is 1550. The first kappa shape index (κ1) is 29.1. The van der Waals surface area contributed by atoms with Crippen LogP contribution in [0.2, 0.25) is 0 Å². The van der Waals surface area contributed by atoms with Gasteiger partial charge in [0.15, 0.2) is 0 Å². The Morgan fingerprint density at radius 2 is 1.90 bits per heavy atom. The molecule has 0 spiro atoms. The zero-order valence-electron chi connectivity index (χ0n) is 24.9. The van der Waals surface area contributed by atoms with Crippen molar-refractivity contribution in [3.05, 3.63) is 67.0 Å². The Morgan fingerprint density at radius 3 is 2.67 bits per heavy atom. The summed E-state index contributed by atoms with van der Waals surface area (Å²) in [5.41, 5.74) is 5.20. The standard InChI is InChI=1S/C32H40N8O2/c1-5-40(6-2)29-21-30(42-4)27(20-26(29)35-31(41)12-9-17-39-18-15-33-16-19-39)37-32-34-14-13-25(36-32)24-22-38(3)28-11-8-7-10-23(24)28/h7-14,20-22,33H,5-6,15-19H2,1-4H3,(H,35,41)(H,34,36,37)/b12-9+. The predicted molar refractivity (Wildman–Crippen MR) is 171 cm³/mol. The minimum Gasteiger partial charge on any atom is -0.494 e. The Hall–Kier alpha value is -4.41. The van der Waals surface area contributed by atoms with Gasteiger partial charge in [-0.1, -0.05) is 24.3 Å². The molecule has 4 aromatic rings. The minimum absolute atomic E-state index is 0.177. The van der Waals surface area contributed by atoms with Crippen molar-refractivity contribution in [2.45, 2.75) is 13.8 Å². The highest BCUT2D eigenvalue weighted by molar-refractivity contribution is 6.02. The highest BCUT2D eigenvalue weighted by Gasteiger charge is 2.18. The van der Waals surface area contributed by atoms with Gasteiger partial charge in [-0.25, -0.2) is 9.97 Å². The highest BCUT2D eigenvalue weighted by Crippen LogP contribution is 2.38. The number of aromatic nitrogens is 3. The number of hydrogen-bond acceptors (Lipinski definition) is 8. The highest BCUT2D eigenvalue weighted by atomic mass is 16.5. The summed E-state index contributed by atoms with van der Waals surface area (Å²) in [5, 5.41) is 10.9. The van der Waals surface area contributed by atoms with Gasteiger partial charge in [-0.2, -0.15) is 0 Å². The molecular formula is C32H40N8O2. The lowest BCUT2D eigenvalue weighted by atomic mass is 10.1. The van der Waals surface area contributed by atoms with E-state index in [4.69, 9.17) is 9.72 Å². The van der Waals surface area contributed by atoms with Crippen molar-refractivity contribution in [1.29, 1.82) is 0 Å². The van der Waals surface area contributed by atoms with Crippen molar-refractivity contribution in [2.75, 3.05) is 68.5 Å². The number of fused-ring (bicyclic) bond motifs is 1. The van der Waals surface area contributed by atoms with E-state index in [-0.39, 0.29) is 5.91 Å². The van der Waals surface area contributed by atoms with Gasteiger partial charge in [0.05, 0.1) is 29.9 Å². The minimum atomic E-state index is -0.177. The van der Waals surface area contributed by atoms with Crippen molar-refractivity contribution in [1.82, 2.24) is 24.8 Å². The number of para-hydroxylation sites is 1. The van der Waals surface area contributed by atoms with E-state index in [2.05, 4.69) is 67.5 Å². The lowest BCUT2D eigenvalue weighted by molar-refractivity contribution is -0.111. The number of nitrogens with one attached hydrogen (secondary N) is 3. The number of rotatable bonds is 11. The van der Waals surface area contributed by atoms with E-state index in [0.29, 0.717) is 23.1 Å². The fourth-order valence-corrected chi connectivity index (χ4v) is 5.37. The molecule has 1 amide bonds. The molecule has 0 aliphatic carbocycles. The van der Waals surface area contributed by atoms with Gasteiger partial charge in [-0.15, -0.1) is 0 Å². The predicted octanol–water partition coefficient (Wildman–Crippen LogP) is 4.63. The Morgan fingerprint density at radius 1 is 1.12 bits per heavy atom. The molecule has 5 rings (SSSR count). The normalized spacial score (nSPS) is 13.9. The van der Waals surface area contributed by atoms with E-state index < -0.39 is 0 Å². The van der Waals surface area contributed by atoms with Crippen LogP contribution in [0.25, 0.3) is 22.2 Å². The van der Waals surface area contributed by atoms with Gasteiger partial charge >= 0.3 is 0 Å². The summed E-state index contributed by atoms with van der Waals surface area (Å²) in [6.07, 6.45) is 7.36. The van der Waals surface area contributed by atoms with Gasteiger partial charge in [0, 0.05) is 93.9 Å². The number of anilines is 4. The molecule has 3 heterocycles. The number of hydrogen-bond donors (Lipinski definition) is 3. The fraction of sp³-hybridized carbons (Fsp3) is 0.344. The third-order valence-corrected chi connectivity index (χ3v) is 7.60. The average Bonchev–Trinajstić information content (AvgIpc) is 3.35. The lowest BCUT2D eigenvalue weighted by Crippen LogP contribution is -2.43. The molecule has 0 atom stereocenters. The van der Waals surface area contributed by atoms with E-state index in [1.54, 1.807) is 19.4 Å².